The summed E-state index contributed by atoms with van der Waals surface area (Å²) in [6, 6.07) is 17.7. The van der Waals surface area contributed by atoms with E-state index in [-0.39, 0.29) is 6.79 Å². The van der Waals surface area contributed by atoms with Crippen molar-refractivity contribution in [3.8, 4) is 23.0 Å². The highest BCUT2D eigenvalue weighted by Gasteiger charge is 2.15. The Labute approximate surface area is 181 Å². The molecule has 156 valence electrons. The number of hydrogen-bond donors (Lipinski definition) is 1. The van der Waals surface area contributed by atoms with Crippen molar-refractivity contribution in [2.24, 2.45) is 0 Å². The van der Waals surface area contributed by atoms with Crippen LogP contribution in [0.25, 0.3) is 0 Å². The van der Waals surface area contributed by atoms with Crippen LogP contribution in [-0.2, 0) is 13.2 Å². The van der Waals surface area contributed by atoms with Crippen LogP contribution >= 0.6 is 11.6 Å². The van der Waals surface area contributed by atoms with E-state index >= 15 is 0 Å². The molecule has 0 saturated heterocycles. The molecule has 1 heterocycles. The molecule has 1 N–H and O–H groups in total. The van der Waals surface area contributed by atoms with Gasteiger partial charge in [-0.3, -0.25) is 0 Å². The molecule has 4 rings (SSSR count). The molecule has 1 aliphatic rings. The maximum absolute atomic E-state index is 6.55. The number of nitrogens with one attached hydrogen (secondary N) is 1. The molecule has 5 nitrogen and oxygen atoms in total. The molecule has 3 aromatic carbocycles. The highest BCUT2D eigenvalue weighted by Crippen LogP contribution is 2.36. The Morgan fingerprint density at radius 3 is 2.57 bits per heavy atom. The molecule has 0 unspecified atom stereocenters. The summed E-state index contributed by atoms with van der Waals surface area (Å²) in [5, 5.41) is 3.99. The Hall–Kier alpha value is -3.05. The van der Waals surface area contributed by atoms with E-state index in [0.29, 0.717) is 36.3 Å². The van der Waals surface area contributed by atoms with Crippen LogP contribution in [0.1, 0.15) is 23.6 Å². The number of fused-ring (bicyclic) bond motifs is 1. The fourth-order valence-corrected chi connectivity index (χ4v) is 3.45. The van der Waals surface area contributed by atoms with Crippen LogP contribution in [0.3, 0.4) is 0 Å². The van der Waals surface area contributed by atoms with Gasteiger partial charge in [-0.25, -0.2) is 0 Å². The Morgan fingerprint density at radius 1 is 0.933 bits per heavy atom. The third kappa shape index (κ3) is 4.57. The summed E-state index contributed by atoms with van der Waals surface area (Å²) in [6.07, 6.45) is 0. The second kappa shape index (κ2) is 9.18. The van der Waals surface area contributed by atoms with E-state index in [1.165, 1.54) is 5.56 Å². The van der Waals surface area contributed by atoms with Gasteiger partial charge in [0.05, 0.1) is 6.61 Å². The molecule has 0 fully saturated rings. The molecule has 3 aromatic rings. The average Bonchev–Trinajstić information content (AvgIpc) is 3.22. The zero-order valence-corrected chi connectivity index (χ0v) is 17.8. The van der Waals surface area contributed by atoms with Gasteiger partial charge >= 0.3 is 0 Å². The largest absolute Gasteiger partial charge is 0.490 e. The number of ether oxygens (including phenoxy) is 4. The molecule has 0 spiro atoms. The number of halogens is 1. The molecule has 0 saturated carbocycles. The first-order valence-electron chi connectivity index (χ1n) is 9.90. The zero-order valence-electron chi connectivity index (χ0n) is 17.0. The molecule has 0 radical (unpaired) electrons. The minimum Gasteiger partial charge on any atom is -0.490 e. The monoisotopic (exact) mass is 425 g/mol. The summed E-state index contributed by atoms with van der Waals surface area (Å²) in [5.74, 6) is 2.81. The van der Waals surface area contributed by atoms with Gasteiger partial charge in [0, 0.05) is 29.4 Å². The van der Waals surface area contributed by atoms with E-state index in [4.69, 9.17) is 30.5 Å². The first kappa shape index (κ1) is 20.2. The maximum atomic E-state index is 6.55. The summed E-state index contributed by atoms with van der Waals surface area (Å²) in [4.78, 5) is 0. The Morgan fingerprint density at radius 2 is 1.73 bits per heavy atom. The quantitative estimate of drug-likeness (QED) is 0.482. The van der Waals surface area contributed by atoms with Crippen molar-refractivity contribution < 1.29 is 18.9 Å². The standard InChI is InChI=1S/C24H24ClNO4/c1-3-27-22-10-18(13-26-19-8-9-21-23(11-19)30-15-29-21)20(25)12-24(22)28-14-17-7-5-4-6-16(17)2/h4-12,26H,3,13-15H2,1-2H3. The van der Waals surface area contributed by atoms with Crippen molar-refractivity contribution in [3.05, 3.63) is 76.3 Å². The van der Waals surface area contributed by atoms with E-state index in [0.717, 1.165) is 28.3 Å². The summed E-state index contributed by atoms with van der Waals surface area (Å²) in [5.41, 5.74) is 4.16. The molecule has 0 bridgehead atoms. The minimum absolute atomic E-state index is 0.256. The van der Waals surface area contributed by atoms with Crippen LogP contribution in [0, 0.1) is 6.92 Å². The van der Waals surface area contributed by atoms with Gasteiger partial charge in [-0.05, 0) is 48.7 Å². The normalized spacial score (nSPS) is 12.0. The molecule has 0 atom stereocenters. The third-order valence-electron chi connectivity index (χ3n) is 4.91. The lowest BCUT2D eigenvalue weighted by atomic mass is 10.1. The maximum Gasteiger partial charge on any atom is 0.231 e. The molecule has 0 aliphatic carbocycles. The Kier molecular flexibility index (Phi) is 6.19. The number of benzene rings is 3. The van der Waals surface area contributed by atoms with E-state index < -0.39 is 0 Å². The second-order valence-corrected chi connectivity index (χ2v) is 7.37. The predicted molar refractivity (Wildman–Crippen MR) is 118 cm³/mol. The summed E-state index contributed by atoms with van der Waals surface area (Å²) < 4.78 is 22.6. The van der Waals surface area contributed by atoms with Gasteiger partial charge in [-0.2, -0.15) is 0 Å². The predicted octanol–water partition coefficient (Wildman–Crippen LogP) is 5.97. The first-order chi connectivity index (χ1) is 14.6. The fourth-order valence-electron chi connectivity index (χ4n) is 3.23. The molecule has 30 heavy (non-hydrogen) atoms. The summed E-state index contributed by atoms with van der Waals surface area (Å²) in [7, 11) is 0. The lowest BCUT2D eigenvalue weighted by molar-refractivity contribution is 0.174. The van der Waals surface area contributed by atoms with Crippen molar-refractivity contribution in [1.29, 1.82) is 0 Å². The molecule has 1 aliphatic heterocycles. The molecule has 0 amide bonds. The number of aryl methyl sites for hydroxylation is 1. The van der Waals surface area contributed by atoms with Crippen LogP contribution in [-0.4, -0.2) is 13.4 Å². The third-order valence-corrected chi connectivity index (χ3v) is 5.26. The number of hydrogen-bond acceptors (Lipinski definition) is 5. The smallest absolute Gasteiger partial charge is 0.231 e. The lowest BCUT2D eigenvalue weighted by Crippen LogP contribution is -2.04. The van der Waals surface area contributed by atoms with Crippen molar-refractivity contribution in [3.63, 3.8) is 0 Å². The highest BCUT2D eigenvalue weighted by molar-refractivity contribution is 6.31. The van der Waals surface area contributed by atoms with E-state index in [1.54, 1.807) is 0 Å². The van der Waals surface area contributed by atoms with Crippen molar-refractivity contribution >= 4 is 17.3 Å². The molecule has 6 heteroatoms. The van der Waals surface area contributed by atoms with E-state index in [9.17, 15) is 0 Å². The van der Waals surface area contributed by atoms with Gasteiger partial charge in [0.15, 0.2) is 23.0 Å². The average molecular weight is 426 g/mol. The first-order valence-corrected chi connectivity index (χ1v) is 10.3. The topological polar surface area (TPSA) is 49.0 Å². The Balaban J connectivity index is 1.48. The van der Waals surface area contributed by atoms with Gasteiger partial charge in [0.1, 0.15) is 6.61 Å². The van der Waals surface area contributed by atoms with Crippen LogP contribution in [0.15, 0.2) is 54.6 Å². The van der Waals surface area contributed by atoms with Gasteiger partial charge in [0.25, 0.3) is 0 Å². The van der Waals surface area contributed by atoms with E-state index in [1.807, 2.05) is 49.4 Å². The van der Waals surface area contributed by atoms with E-state index in [2.05, 4.69) is 24.4 Å². The summed E-state index contributed by atoms with van der Waals surface area (Å²) >= 11 is 6.55. The lowest BCUT2D eigenvalue weighted by Gasteiger charge is -2.16. The fraction of sp³-hybridized carbons (Fsp3) is 0.250. The van der Waals surface area contributed by atoms with Gasteiger partial charge < -0.3 is 24.3 Å². The SMILES string of the molecule is CCOc1cc(CNc2ccc3c(c2)OCO3)c(Cl)cc1OCc1ccccc1C. The zero-order chi connectivity index (χ0) is 20.9. The van der Waals surface area contributed by atoms with Crippen LogP contribution in [0.2, 0.25) is 5.02 Å². The van der Waals surface area contributed by atoms with Gasteiger partial charge in [-0.15, -0.1) is 0 Å². The van der Waals surface area contributed by atoms with Crippen LogP contribution in [0.4, 0.5) is 5.69 Å². The van der Waals surface area contributed by atoms with Gasteiger partial charge in [0.2, 0.25) is 6.79 Å². The second-order valence-electron chi connectivity index (χ2n) is 6.96. The molecular weight excluding hydrogens is 402 g/mol. The Bertz CT molecular complexity index is 1040. The van der Waals surface area contributed by atoms with Crippen molar-refractivity contribution in [1.82, 2.24) is 0 Å². The summed E-state index contributed by atoms with van der Waals surface area (Å²) in [6.45, 7) is 5.81. The van der Waals surface area contributed by atoms with Crippen LogP contribution in [0.5, 0.6) is 23.0 Å². The van der Waals surface area contributed by atoms with Crippen LogP contribution < -0.4 is 24.3 Å². The van der Waals surface area contributed by atoms with Gasteiger partial charge in [-0.1, -0.05) is 35.9 Å². The highest BCUT2D eigenvalue weighted by atomic mass is 35.5. The molecule has 0 aromatic heterocycles. The van der Waals surface area contributed by atoms with Crippen molar-refractivity contribution in [2.45, 2.75) is 27.0 Å². The minimum atomic E-state index is 0.256. The molecular formula is C24H24ClNO4. The number of rotatable bonds is 8. The van der Waals surface area contributed by atoms with Crippen molar-refractivity contribution in [2.75, 3.05) is 18.7 Å². The number of anilines is 1.